The van der Waals surface area contributed by atoms with Crippen molar-refractivity contribution in [3.63, 3.8) is 0 Å². The highest BCUT2D eigenvalue weighted by Crippen LogP contribution is 2.30. The topological polar surface area (TPSA) is 78.4 Å². The molecule has 3 rings (SSSR count). The van der Waals surface area contributed by atoms with Gasteiger partial charge in [0.2, 0.25) is 5.91 Å². The molecule has 0 bridgehead atoms. The minimum Gasteiger partial charge on any atom is -0.384 e. The Morgan fingerprint density at radius 1 is 1.08 bits per heavy atom. The molecule has 0 saturated heterocycles. The maximum absolute atomic E-state index is 12.3. The van der Waals surface area contributed by atoms with Crippen LogP contribution in [0.25, 0.3) is 0 Å². The highest BCUT2D eigenvalue weighted by atomic mass is 16.3. The van der Waals surface area contributed by atoms with Crippen LogP contribution in [0, 0.1) is 5.92 Å². The lowest BCUT2D eigenvalue weighted by atomic mass is 9.96. The van der Waals surface area contributed by atoms with E-state index in [0.717, 1.165) is 18.4 Å². The Balaban J connectivity index is 1.56. The average molecular weight is 338 g/mol. The third-order valence-electron chi connectivity index (χ3n) is 4.35. The van der Waals surface area contributed by atoms with E-state index in [2.05, 4.69) is 10.6 Å². The molecule has 1 atom stereocenters. The lowest BCUT2D eigenvalue weighted by Gasteiger charge is -2.24. The monoisotopic (exact) mass is 338 g/mol. The number of carbonyl (C=O) groups excluding carboxylic acids is 2. The molecule has 5 nitrogen and oxygen atoms in total. The molecule has 2 amide bonds. The predicted molar refractivity (Wildman–Crippen MR) is 96.1 cm³/mol. The summed E-state index contributed by atoms with van der Waals surface area (Å²) in [5, 5.41) is 16.1. The summed E-state index contributed by atoms with van der Waals surface area (Å²) in [6, 6.07) is 16.0. The van der Waals surface area contributed by atoms with Crippen LogP contribution in [-0.4, -0.2) is 23.5 Å². The second-order valence-electron chi connectivity index (χ2n) is 6.66. The second kappa shape index (κ2) is 7.07. The van der Waals surface area contributed by atoms with Crippen LogP contribution < -0.4 is 10.6 Å². The van der Waals surface area contributed by atoms with Gasteiger partial charge in [0.1, 0.15) is 5.60 Å². The summed E-state index contributed by atoms with van der Waals surface area (Å²) in [6.07, 6.45) is 1.90. The predicted octanol–water partition coefficient (Wildman–Crippen LogP) is 2.67. The fourth-order valence-corrected chi connectivity index (χ4v) is 2.55. The molecule has 0 radical (unpaired) electrons. The maximum atomic E-state index is 12.3. The zero-order valence-corrected chi connectivity index (χ0v) is 14.2. The first-order valence-corrected chi connectivity index (χ1v) is 8.43. The first-order chi connectivity index (χ1) is 12.0. The van der Waals surface area contributed by atoms with Gasteiger partial charge >= 0.3 is 0 Å². The van der Waals surface area contributed by atoms with Crippen molar-refractivity contribution in [3.05, 3.63) is 65.7 Å². The third-order valence-corrected chi connectivity index (χ3v) is 4.35. The Kier molecular flexibility index (Phi) is 4.86. The summed E-state index contributed by atoms with van der Waals surface area (Å²) in [5.74, 6) is -0.0874. The van der Waals surface area contributed by atoms with E-state index >= 15 is 0 Å². The highest BCUT2D eigenvalue weighted by Gasteiger charge is 2.29. The summed E-state index contributed by atoms with van der Waals surface area (Å²) in [6.45, 7) is 1.77. The lowest BCUT2D eigenvalue weighted by molar-refractivity contribution is -0.117. The van der Waals surface area contributed by atoms with Crippen LogP contribution in [0.4, 0.5) is 5.69 Å². The van der Waals surface area contributed by atoms with Crippen molar-refractivity contribution >= 4 is 17.5 Å². The summed E-state index contributed by atoms with van der Waals surface area (Å²) in [7, 11) is 0. The van der Waals surface area contributed by atoms with Crippen LogP contribution in [0.5, 0.6) is 0 Å². The van der Waals surface area contributed by atoms with Gasteiger partial charge in [0, 0.05) is 17.2 Å². The van der Waals surface area contributed by atoms with Crippen molar-refractivity contribution in [1.82, 2.24) is 5.32 Å². The maximum Gasteiger partial charge on any atom is 0.251 e. The zero-order valence-electron chi connectivity index (χ0n) is 14.2. The van der Waals surface area contributed by atoms with E-state index in [-0.39, 0.29) is 24.3 Å². The van der Waals surface area contributed by atoms with Crippen LogP contribution in [0.3, 0.4) is 0 Å². The Morgan fingerprint density at radius 2 is 1.72 bits per heavy atom. The number of aliphatic hydroxyl groups is 1. The molecule has 1 fully saturated rings. The van der Waals surface area contributed by atoms with Gasteiger partial charge in [0.15, 0.2) is 0 Å². The normalized spacial score (nSPS) is 15.9. The Bertz CT molecular complexity index is 750. The van der Waals surface area contributed by atoms with Gasteiger partial charge in [-0.1, -0.05) is 30.3 Å². The van der Waals surface area contributed by atoms with Crippen LogP contribution in [0.2, 0.25) is 0 Å². The minimum absolute atomic E-state index is 0.0381. The molecule has 25 heavy (non-hydrogen) atoms. The number of anilines is 1. The number of benzene rings is 2. The molecule has 0 heterocycles. The molecule has 1 saturated carbocycles. The van der Waals surface area contributed by atoms with Crippen molar-refractivity contribution in [1.29, 1.82) is 0 Å². The van der Waals surface area contributed by atoms with Gasteiger partial charge in [-0.25, -0.2) is 0 Å². The number of carbonyl (C=O) groups is 2. The molecule has 130 valence electrons. The lowest BCUT2D eigenvalue weighted by Crippen LogP contribution is -2.38. The number of hydrogen-bond acceptors (Lipinski definition) is 3. The van der Waals surface area contributed by atoms with Gasteiger partial charge in [-0.2, -0.15) is 0 Å². The number of rotatable bonds is 6. The molecule has 0 aromatic heterocycles. The molecule has 0 spiro atoms. The van der Waals surface area contributed by atoms with Crippen molar-refractivity contribution in [2.24, 2.45) is 5.92 Å². The molecule has 1 aliphatic rings. The van der Waals surface area contributed by atoms with Gasteiger partial charge in [0.05, 0.1) is 6.54 Å². The van der Waals surface area contributed by atoms with Gasteiger partial charge in [-0.05, 0) is 49.6 Å². The standard InChI is InChI=1S/C20H22N2O3/c1-20(25,16-5-3-2-4-6-16)13-21-18(23)14-9-11-17(12-10-14)22-19(24)15-7-8-15/h2-6,9-12,15,25H,7-8,13H2,1H3,(H,21,23)(H,22,24). The van der Waals surface area contributed by atoms with E-state index in [0.29, 0.717) is 11.3 Å². The molecule has 3 N–H and O–H groups in total. The molecule has 1 unspecified atom stereocenters. The van der Waals surface area contributed by atoms with E-state index in [1.165, 1.54) is 0 Å². The van der Waals surface area contributed by atoms with Crippen molar-refractivity contribution in [3.8, 4) is 0 Å². The Morgan fingerprint density at radius 3 is 2.32 bits per heavy atom. The third kappa shape index (κ3) is 4.45. The van der Waals surface area contributed by atoms with Crippen molar-refractivity contribution < 1.29 is 14.7 Å². The van der Waals surface area contributed by atoms with Gasteiger partial charge in [-0.3, -0.25) is 9.59 Å². The molecular weight excluding hydrogens is 316 g/mol. The highest BCUT2D eigenvalue weighted by molar-refractivity contribution is 5.96. The van der Waals surface area contributed by atoms with Crippen molar-refractivity contribution in [2.75, 3.05) is 11.9 Å². The number of amides is 2. The first-order valence-electron chi connectivity index (χ1n) is 8.43. The van der Waals surface area contributed by atoms with Crippen LogP contribution >= 0.6 is 0 Å². The van der Waals surface area contributed by atoms with E-state index < -0.39 is 5.60 Å². The molecule has 5 heteroatoms. The number of nitrogens with one attached hydrogen (secondary N) is 2. The van der Waals surface area contributed by atoms with E-state index in [1.54, 1.807) is 31.2 Å². The Hall–Kier alpha value is -2.66. The molecule has 2 aromatic rings. The fraction of sp³-hybridized carbons (Fsp3) is 0.300. The largest absolute Gasteiger partial charge is 0.384 e. The quantitative estimate of drug-likeness (QED) is 0.758. The van der Waals surface area contributed by atoms with Crippen molar-refractivity contribution in [2.45, 2.75) is 25.4 Å². The zero-order chi connectivity index (χ0) is 17.9. The van der Waals surface area contributed by atoms with Gasteiger partial charge in [-0.15, -0.1) is 0 Å². The van der Waals surface area contributed by atoms with Gasteiger partial charge < -0.3 is 15.7 Å². The Labute approximate surface area is 147 Å². The SMILES string of the molecule is CC(O)(CNC(=O)c1ccc(NC(=O)C2CC2)cc1)c1ccccc1. The number of hydrogen-bond donors (Lipinski definition) is 3. The average Bonchev–Trinajstić information content (AvgIpc) is 3.46. The van der Waals surface area contributed by atoms with Crippen LogP contribution in [0.1, 0.15) is 35.7 Å². The summed E-state index contributed by atoms with van der Waals surface area (Å²) in [5.41, 5.74) is 0.765. The molecule has 0 aliphatic heterocycles. The first kappa shape index (κ1) is 17.2. The fourth-order valence-electron chi connectivity index (χ4n) is 2.55. The summed E-state index contributed by atoms with van der Waals surface area (Å²) in [4.78, 5) is 24.0. The van der Waals surface area contributed by atoms with E-state index in [9.17, 15) is 14.7 Å². The van der Waals surface area contributed by atoms with E-state index in [4.69, 9.17) is 0 Å². The molecule has 2 aromatic carbocycles. The minimum atomic E-state index is -1.14. The van der Waals surface area contributed by atoms with E-state index in [1.807, 2.05) is 30.3 Å². The smallest absolute Gasteiger partial charge is 0.251 e. The van der Waals surface area contributed by atoms with Gasteiger partial charge in [0.25, 0.3) is 5.91 Å². The van der Waals surface area contributed by atoms with Crippen LogP contribution in [-0.2, 0) is 10.4 Å². The summed E-state index contributed by atoms with van der Waals surface area (Å²) >= 11 is 0. The molecule has 1 aliphatic carbocycles. The second-order valence-corrected chi connectivity index (χ2v) is 6.66. The van der Waals surface area contributed by atoms with Crippen LogP contribution in [0.15, 0.2) is 54.6 Å². The molecular formula is C20H22N2O3. The summed E-state index contributed by atoms with van der Waals surface area (Å²) < 4.78 is 0.